The van der Waals surface area contributed by atoms with Crippen LogP contribution in [0.3, 0.4) is 0 Å². The van der Waals surface area contributed by atoms with E-state index in [1.54, 1.807) is 6.92 Å². The van der Waals surface area contributed by atoms with E-state index >= 15 is 0 Å². The van der Waals surface area contributed by atoms with Crippen LogP contribution in [-0.2, 0) is 11.3 Å². The Morgan fingerprint density at radius 2 is 2.11 bits per heavy atom. The van der Waals surface area contributed by atoms with Crippen LogP contribution < -0.4 is 15.8 Å². The van der Waals surface area contributed by atoms with E-state index in [-0.39, 0.29) is 11.8 Å². The Bertz CT molecular complexity index is 405. The topological polar surface area (TPSA) is 64.3 Å². The number of ether oxygens (including phenoxy) is 1. The van der Waals surface area contributed by atoms with Crippen LogP contribution in [-0.4, -0.2) is 19.1 Å². The predicted molar refractivity (Wildman–Crippen MR) is 76.8 cm³/mol. The summed E-state index contributed by atoms with van der Waals surface area (Å²) in [6.45, 7) is 8.24. The van der Waals surface area contributed by atoms with Gasteiger partial charge in [-0.2, -0.15) is 0 Å². The normalized spacial score (nSPS) is 12.4. The Hall–Kier alpha value is -1.55. The Morgan fingerprint density at radius 3 is 2.74 bits per heavy atom. The molecule has 0 heterocycles. The second kappa shape index (κ2) is 7.79. The number of nitrogens with one attached hydrogen (secondary N) is 1. The standard InChI is InChI=1S/C15H24N2O2/c1-11(2)8-17-9-13-5-4-6-14(7-13)19-10-12(3)15(16)18/h4-7,11-12,17H,8-10H2,1-3H3,(H2,16,18). The summed E-state index contributed by atoms with van der Waals surface area (Å²) in [5.41, 5.74) is 6.37. The van der Waals surface area contributed by atoms with Gasteiger partial charge in [0, 0.05) is 6.54 Å². The summed E-state index contributed by atoms with van der Waals surface area (Å²) >= 11 is 0. The van der Waals surface area contributed by atoms with Crippen molar-refractivity contribution in [3.05, 3.63) is 29.8 Å². The first-order chi connectivity index (χ1) is 8.99. The number of carbonyl (C=O) groups is 1. The van der Waals surface area contributed by atoms with Gasteiger partial charge in [-0.3, -0.25) is 4.79 Å². The molecule has 19 heavy (non-hydrogen) atoms. The highest BCUT2D eigenvalue weighted by atomic mass is 16.5. The maximum Gasteiger partial charge on any atom is 0.223 e. The molecule has 0 bridgehead atoms. The van der Waals surface area contributed by atoms with Crippen LogP contribution in [0.4, 0.5) is 0 Å². The van der Waals surface area contributed by atoms with E-state index in [4.69, 9.17) is 10.5 Å². The summed E-state index contributed by atoms with van der Waals surface area (Å²) in [5, 5.41) is 3.38. The van der Waals surface area contributed by atoms with Crippen molar-refractivity contribution in [2.75, 3.05) is 13.2 Å². The van der Waals surface area contributed by atoms with E-state index in [1.807, 2.05) is 18.2 Å². The summed E-state index contributed by atoms with van der Waals surface area (Å²) in [4.78, 5) is 10.9. The molecule has 1 rings (SSSR count). The van der Waals surface area contributed by atoms with Gasteiger partial charge in [-0.1, -0.05) is 32.9 Å². The molecule has 4 nitrogen and oxygen atoms in total. The minimum atomic E-state index is -0.338. The molecule has 0 aliphatic heterocycles. The Balaban J connectivity index is 2.45. The molecule has 3 N–H and O–H groups in total. The van der Waals surface area contributed by atoms with Crippen molar-refractivity contribution < 1.29 is 9.53 Å². The van der Waals surface area contributed by atoms with Crippen molar-refractivity contribution in [2.45, 2.75) is 27.3 Å². The predicted octanol–water partition coefficient (Wildman–Crippen LogP) is 1.93. The van der Waals surface area contributed by atoms with Crippen molar-refractivity contribution in [1.29, 1.82) is 0 Å². The second-order valence-electron chi connectivity index (χ2n) is 5.29. The van der Waals surface area contributed by atoms with Crippen LogP contribution in [0.5, 0.6) is 5.75 Å². The number of hydrogen-bond donors (Lipinski definition) is 2. The third kappa shape index (κ3) is 6.25. The van der Waals surface area contributed by atoms with E-state index in [0.29, 0.717) is 12.5 Å². The lowest BCUT2D eigenvalue weighted by Crippen LogP contribution is -2.25. The molecule has 1 aromatic carbocycles. The minimum Gasteiger partial charge on any atom is -0.493 e. The minimum absolute atomic E-state index is 0.275. The van der Waals surface area contributed by atoms with Crippen LogP contribution in [0.25, 0.3) is 0 Å². The number of carbonyl (C=O) groups excluding carboxylic acids is 1. The number of nitrogens with two attached hydrogens (primary N) is 1. The van der Waals surface area contributed by atoms with Crippen LogP contribution in [0.15, 0.2) is 24.3 Å². The lowest BCUT2D eigenvalue weighted by molar-refractivity contribution is -0.122. The molecule has 0 spiro atoms. The first kappa shape index (κ1) is 15.5. The largest absolute Gasteiger partial charge is 0.493 e. The summed E-state index contributed by atoms with van der Waals surface area (Å²) in [5.74, 6) is 0.797. The number of benzene rings is 1. The molecule has 1 amide bonds. The molecule has 0 aliphatic carbocycles. The zero-order valence-corrected chi connectivity index (χ0v) is 12.0. The lowest BCUT2D eigenvalue weighted by Gasteiger charge is -2.12. The second-order valence-corrected chi connectivity index (χ2v) is 5.29. The SMILES string of the molecule is CC(C)CNCc1cccc(OCC(C)C(N)=O)c1. The molecule has 1 atom stereocenters. The highest BCUT2D eigenvalue weighted by Crippen LogP contribution is 2.14. The summed E-state index contributed by atoms with van der Waals surface area (Å²) in [7, 11) is 0. The van der Waals surface area contributed by atoms with E-state index in [0.717, 1.165) is 18.8 Å². The maximum absolute atomic E-state index is 10.9. The highest BCUT2D eigenvalue weighted by Gasteiger charge is 2.09. The molecule has 4 heteroatoms. The van der Waals surface area contributed by atoms with Crippen LogP contribution in [0.2, 0.25) is 0 Å². The van der Waals surface area contributed by atoms with Gasteiger partial charge in [-0.25, -0.2) is 0 Å². The van der Waals surface area contributed by atoms with Gasteiger partial charge in [0.05, 0.1) is 12.5 Å². The molecule has 0 aliphatic rings. The highest BCUT2D eigenvalue weighted by molar-refractivity contribution is 5.76. The molecule has 0 aromatic heterocycles. The van der Waals surface area contributed by atoms with Crippen LogP contribution in [0, 0.1) is 11.8 Å². The van der Waals surface area contributed by atoms with Gasteiger partial charge < -0.3 is 15.8 Å². The zero-order chi connectivity index (χ0) is 14.3. The third-order valence-electron chi connectivity index (χ3n) is 2.77. The molecule has 106 valence electrons. The Morgan fingerprint density at radius 1 is 1.37 bits per heavy atom. The number of hydrogen-bond acceptors (Lipinski definition) is 3. The average molecular weight is 264 g/mol. The first-order valence-electron chi connectivity index (χ1n) is 6.70. The number of amides is 1. The lowest BCUT2D eigenvalue weighted by atomic mass is 10.2. The summed E-state index contributed by atoms with van der Waals surface area (Å²) in [6, 6.07) is 7.88. The number of rotatable bonds is 8. The van der Waals surface area contributed by atoms with Gasteiger partial charge in [0.1, 0.15) is 5.75 Å². The zero-order valence-electron chi connectivity index (χ0n) is 12.0. The monoisotopic (exact) mass is 264 g/mol. The van der Waals surface area contributed by atoms with Gasteiger partial charge >= 0.3 is 0 Å². The van der Waals surface area contributed by atoms with E-state index in [2.05, 4.69) is 25.2 Å². The summed E-state index contributed by atoms with van der Waals surface area (Å²) in [6.07, 6.45) is 0. The van der Waals surface area contributed by atoms with Crippen molar-refractivity contribution in [1.82, 2.24) is 5.32 Å². The molecular weight excluding hydrogens is 240 g/mol. The fraction of sp³-hybridized carbons (Fsp3) is 0.533. The molecule has 1 unspecified atom stereocenters. The van der Waals surface area contributed by atoms with Crippen molar-refractivity contribution in [3.8, 4) is 5.75 Å². The third-order valence-corrected chi connectivity index (χ3v) is 2.77. The van der Waals surface area contributed by atoms with E-state index in [9.17, 15) is 4.79 Å². The van der Waals surface area contributed by atoms with Gasteiger partial charge in [0.15, 0.2) is 0 Å². The molecule has 0 radical (unpaired) electrons. The van der Waals surface area contributed by atoms with Gasteiger partial charge in [-0.15, -0.1) is 0 Å². The molecular formula is C15H24N2O2. The molecule has 0 saturated heterocycles. The Labute approximate surface area is 115 Å². The van der Waals surface area contributed by atoms with Crippen LogP contribution >= 0.6 is 0 Å². The average Bonchev–Trinajstić information content (AvgIpc) is 2.36. The van der Waals surface area contributed by atoms with Crippen LogP contribution in [0.1, 0.15) is 26.3 Å². The fourth-order valence-electron chi connectivity index (χ4n) is 1.55. The Kier molecular flexibility index (Phi) is 6.36. The van der Waals surface area contributed by atoms with Crippen molar-refractivity contribution in [2.24, 2.45) is 17.6 Å². The molecule has 1 aromatic rings. The molecule has 0 fully saturated rings. The smallest absolute Gasteiger partial charge is 0.223 e. The quantitative estimate of drug-likeness (QED) is 0.754. The van der Waals surface area contributed by atoms with Crippen molar-refractivity contribution in [3.63, 3.8) is 0 Å². The maximum atomic E-state index is 10.9. The summed E-state index contributed by atoms with van der Waals surface area (Å²) < 4.78 is 5.57. The van der Waals surface area contributed by atoms with E-state index < -0.39 is 0 Å². The van der Waals surface area contributed by atoms with Gasteiger partial charge in [0.25, 0.3) is 0 Å². The first-order valence-corrected chi connectivity index (χ1v) is 6.70. The van der Waals surface area contributed by atoms with Gasteiger partial charge in [0.2, 0.25) is 5.91 Å². The molecule has 0 saturated carbocycles. The van der Waals surface area contributed by atoms with Crippen molar-refractivity contribution >= 4 is 5.91 Å². The van der Waals surface area contributed by atoms with Gasteiger partial charge in [-0.05, 0) is 30.2 Å². The van der Waals surface area contributed by atoms with E-state index in [1.165, 1.54) is 5.56 Å². The number of primary amides is 1. The fourth-order valence-corrected chi connectivity index (χ4v) is 1.55.